The molecule has 0 aromatic heterocycles. The zero-order valence-electron chi connectivity index (χ0n) is 10.7. The number of nitrogens with one attached hydrogen (secondary N) is 1. The van der Waals surface area contributed by atoms with Gasteiger partial charge in [-0.15, -0.1) is 0 Å². The number of carbonyl (C=O) groups excluding carboxylic acids is 1. The van der Waals surface area contributed by atoms with Crippen LogP contribution in [0.3, 0.4) is 0 Å². The van der Waals surface area contributed by atoms with Crippen LogP contribution in [0.5, 0.6) is 5.75 Å². The summed E-state index contributed by atoms with van der Waals surface area (Å²) in [5, 5.41) is 2.65. The van der Waals surface area contributed by atoms with Crippen molar-refractivity contribution >= 4 is 5.91 Å². The van der Waals surface area contributed by atoms with E-state index in [2.05, 4.69) is 17.2 Å². The number of ether oxygens (including phenoxy) is 2. The molecule has 0 aliphatic carbocycles. The Labute approximate surface area is 107 Å². The maximum atomic E-state index is 11.2. The molecule has 0 spiro atoms. The minimum atomic E-state index is -0.161. The molecule has 1 aromatic carbocycles. The average Bonchev–Trinajstić information content (AvgIpc) is 2.41. The summed E-state index contributed by atoms with van der Waals surface area (Å²) in [5.74, 6) is 6.38. The molecule has 0 fully saturated rings. The van der Waals surface area contributed by atoms with Gasteiger partial charge < -0.3 is 14.8 Å². The average molecular weight is 247 g/mol. The Morgan fingerprint density at radius 2 is 2.17 bits per heavy atom. The summed E-state index contributed by atoms with van der Waals surface area (Å²) in [6.07, 6.45) is 0. The molecule has 0 heterocycles. The van der Waals surface area contributed by atoms with Gasteiger partial charge in [-0.05, 0) is 19.1 Å². The second-order valence-corrected chi connectivity index (χ2v) is 3.42. The van der Waals surface area contributed by atoms with Gasteiger partial charge in [0.25, 0.3) is 0 Å². The molecular weight excluding hydrogens is 230 g/mol. The van der Waals surface area contributed by atoms with Crippen LogP contribution in [0.15, 0.2) is 24.3 Å². The van der Waals surface area contributed by atoms with E-state index in [9.17, 15) is 4.79 Å². The molecule has 4 heteroatoms. The quantitative estimate of drug-likeness (QED) is 0.795. The number of hydrogen-bond donors (Lipinski definition) is 1. The van der Waals surface area contributed by atoms with Crippen molar-refractivity contribution in [1.29, 1.82) is 0 Å². The van der Waals surface area contributed by atoms with Crippen molar-refractivity contribution in [2.75, 3.05) is 26.9 Å². The summed E-state index contributed by atoms with van der Waals surface area (Å²) < 4.78 is 10.1. The molecule has 0 atom stereocenters. The minimum Gasteiger partial charge on any atom is -0.495 e. The number of methoxy groups -OCH3 is 1. The van der Waals surface area contributed by atoms with E-state index in [1.54, 1.807) is 7.11 Å². The van der Waals surface area contributed by atoms with Crippen molar-refractivity contribution in [2.45, 2.75) is 6.92 Å². The highest BCUT2D eigenvalue weighted by Gasteiger charge is 1.98. The van der Waals surface area contributed by atoms with E-state index in [0.717, 1.165) is 11.3 Å². The number of hydrogen-bond acceptors (Lipinski definition) is 3. The predicted octanol–water partition coefficient (Wildman–Crippen LogP) is 1.20. The first-order chi connectivity index (χ1) is 8.77. The lowest BCUT2D eigenvalue weighted by Gasteiger charge is -2.02. The van der Waals surface area contributed by atoms with Crippen molar-refractivity contribution in [3.8, 4) is 17.6 Å². The molecular formula is C14H17NO3. The Balaban J connectivity index is 2.44. The van der Waals surface area contributed by atoms with Gasteiger partial charge in [0.2, 0.25) is 5.91 Å². The highest BCUT2D eigenvalue weighted by atomic mass is 16.5. The molecule has 0 radical (unpaired) electrons. The van der Waals surface area contributed by atoms with Gasteiger partial charge in [-0.25, -0.2) is 0 Å². The van der Waals surface area contributed by atoms with Crippen LogP contribution >= 0.6 is 0 Å². The molecule has 0 unspecified atom stereocenters. The van der Waals surface area contributed by atoms with Crippen molar-refractivity contribution in [1.82, 2.24) is 5.32 Å². The monoisotopic (exact) mass is 247 g/mol. The van der Waals surface area contributed by atoms with E-state index in [1.807, 2.05) is 31.2 Å². The Bertz CT molecular complexity index is 446. The number of carbonyl (C=O) groups is 1. The van der Waals surface area contributed by atoms with E-state index < -0.39 is 0 Å². The third-order valence-corrected chi connectivity index (χ3v) is 2.14. The SMILES string of the molecule is CCOCC(=O)NCC#Cc1ccccc1OC. The fourth-order valence-electron chi connectivity index (χ4n) is 1.28. The van der Waals surface area contributed by atoms with Gasteiger partial charge in [0.05, 0.1) is 19.2 Å². The zero-order valence-corrected chi connectivity index (χ0v) is 10.7. The molecule has 1 amide bonds. The lowest BCUT2D eigenvalue weighted by Crippen LogP contribution is -2.27. The van der Waals surface area contributed by atoms with Crippen LogP contribution in [-0.4, -0.2) is 32.8 Å². The molecule has 0 saturated heterocycles. The van der Waals surface area contributed by atoms with Crippen LogP contribution in [0.25, 0.3) is 0 Å². The van der Waals surface area contributed by atoms with Crippen LogP contribution < -0.4 is 10.1 Å². The van der Waals surface area contributed by atoms with Crippen LogP contribution in [0.1, 0.15) is 12.5 Å². The number of benzene rings is 1. The summed E-state index contributed by atoms with van der Waals surface area (Å²) in [5.41, 5.74) is 0.805. The van der Waals surface area contributed by atoms with Crippen LogP contribution in [-0.2, 0) is 9.53 Å². The molecule has 0 aliphatic heterocycles. The summed E-state index contributed by atoms with van der Waals surface area (Å²) in [6, 6.07) is 7.49. The summed E-state index contributed by atoms with van der Waals surface area (Å²) in [4.78, 5) is 11.2. The predicted molar refractivity (Wildman–Crippen MR) is 69.4 cm³/mol. The molecule has 1 rings (SSSR count). The van der Waals surface area contributed by atoms with Gasteiger partial charge in [0.15, 0.2) is 0 Å². The van der Waals surface area contributed by atoms with Gasteiger partial charge in [-0.1, -0.05) is 24.0 Å². The first kappa shape index (κ1) is 14.1. The molecule has 96 valence electrons. The van der Waals surface area contributed by atoms with Gasteiger partial charge in [0.1, 0.15) is 12.4 Å². The zero-order chi connectivity index (χ0) is 13.2. The smallest absolute Gasteiger partial charge is 0.246 e. The Morgan fingerprint density at radius 1 is 1.39 bits per heavy atom. The minimum absolute atomic E-state index is 0.0762. The fraction of sp³-hybridized carbons (Fsp3) is 0.357. The first-order valence-corrected chi connectivity index (χ1v) is 5.74. The molecule has 4 nitrogen and oxygen atoms in total. The summed E-state index contributed by atoms with van der Waals surface area (Å²) in [6.45, 7) is 2.74. The van der Waals surface area contributed by atoms with E-state index >= 15 is 0 Å². The second-order valence-electron chi connectivity index (χ2n) is 3.42. The Morgan fingerprint density at radius 3 is 2.89 bits per heavy atom. The van der Waals surface area contributed by atoms with E-state index in [1.165, 1.54) is 0 Å². The maximum absolute atomic E-state index is 11.2. The molecule has 0 bridgehead atoms. The highest BCUT2D eigenvalue weighted by molar-refractivity contribution is 5.77. The first-order valence-electron chi connectivity index (χ1n) is 5.74. The van der Waals surface area contributed by atoms with Crippen molar-refractivity contribution < 1.29 is 14.3 Å². The molecule has 18 heavy (non-hydrogen) atoms. The lowest BCUT2D eigenvalue weighted by molar-refractivity contribution is -0.125. The van der Waals surface area contributed by atoms with E-state index in [0.29, 0.717) is 13.2 Å². The van der Waals surface area contributed by atoms with Crippen LogP contribution in [0.2, 0.25) is 0 Å². The lowest BCUT2D eigenvalue weighted by atomic mass is 10.2. The van der Waals surface area contributed by atoms with Gasteiger partial charge >= 0.3 is 0 Å². The maximum Gasteiger partial charge on any atom is 0.246 e. The fourth-order valence-corrected chi connectivity index (χ4v) is 1.28. The van der Waals surface area contributed by atoms with Crippen molar-refractivity contribution in [2.24, 2.45) is 0 Å². The molecule has 1 aromatic rings. The molecule has 0 saturated carbocycles. The number of para-hydroxylation sites is 1. The highest BCUT2D eigenvalue weighted by Crippen LogP contribution is 2.15. The topological polar surface area (TPSA) is 47.6 Å². The van der Waals surface area contributed by atoms with Gasteiger partial charge in [-0.2, -0.15) is 0 Å². The second kappa shape index (κ2) is 8.15. The van der Waals surface area contributed by atoms with Gasteiger partial charge in [-0.3, -0.25) is 4.79 Å². The van der Waals surface area contributed by atoms with Crippen molar-refractivity contribution in [3.05, 3.63) is 29.8 Å². The normalized spacial score (nSPS) is 9.22. The largest absolute Gasteiger partial charge is 0.495 e. The van der Waals surface area contributed by atoms with E-state index in [4.69, 9.17) is 9.47 Å². The Hall–Kier alpha value is -1.99. The number of amides is 1. The molecule has 1 N–H and O–H groups in total. The standard InChI is InChI=1S/C14H17NO3/c1-3-18-11-14(16)15-10-6-8-12-7-4-5-9-13(12)17-2/h4-5,7,9H,3,10-11H2,1-2H3,(H,15,16). The van der Waals surface area contributed by atoms with E-state index in [-0.39, 0.29) is 12.5 Å². The molecule has 0 aliphatic rings. The Kier molecular flexibility index (Phi) is 6.37. The third kappa shape index (κ3) is 4.89. The summed E-state index contributed by atoms with van der Waals surface area (Å²) >= 11 is 0. The number of rotatable bonds is 5. The third-order valence-electron chi connectivity index (χ3n) is 2.14. The van der Waals surface area contributed by atoms with Crippen LogP contribution in [0.4, 0.5) is 0 Å². The summed E-state index contributed by atoms with van der Waals surface area (Å²) in [7, 11) is 1.60. The van der Waals surface area contributed by atoms with Crippen LogP contribution in [0, 0.1) is 11.8 Å². The van der Waals surface area contributed by atoms with Crippen molar-refractivity contribution in [3.63, 3.8) is 0 Å². The van der Waals surface area contributed by atoms with Gasteiger partial charge in [0, 0.05) is 6.61 Å².